The van der Waals surface area contributed by atoms with Crippen molar-refractivity contribution in [3.8, 4) is 12.1 Å². The van der Waals surface area contributed by atoms with Crippen LogP contribution in [-0.2, 0) is 9.59 Å². The Morgan fingerprint density at radius 3 is 2.09 bits per heavy atom. The number of nitrogens with two attached hydrogens (primary N) is 1. The Bertz CT molecular complexity index is 603. The number of rotatable bonds is 10. The summed E-state index contributed by atoms with van der Waals surface area (Å²) < 4.78 is 1.23. The molecule has 2 N–H and O–H groups in total. The lowest BCUT2D eigenvalue weighted by Crippen LogP contribution is -2.34. The van der Waals surface area contributed by atoms with Crippen LogP contribution in [0, 0.1) is 22.7 Å². The molecule has 2 amide bonds. The first-order valence-electron chi connectivity index (χ1n) is 6.46. The van der Waals surface area contributed by atoms with E-state index in [4.69, 9.17) is 16.3 Å². The number of nitrogens with zero attached hydrogens (tertiary/aromatic N) is 5. The summed E-state index contributed by atoms with van der Waals surface area (Å²) in [5.41, 5.74) is 5.05. The molecule has 0 radical (unpaired) electrons. The Hall–Kier alpha value is -1.82. The highest BCUT2D eigenvalue weighted by Crippen LogP contribution is 2.28. The van der Waals surface area contributed by atoms with E-state index >= 15 is 0 Å². The molecule has 122 valence electrons. The monoisotopic (exact) mass is 370 g/mol. The number of hydrogen-bond acceptors (Lipinski definition) is 9. The van der Waals surface area contributed by atoms with Gasteiger partial charge in [0.2, 0.25) is 11.8 Å². The minimum atomic E-state index is -0.430. The third-order valence-corrected chi connectivity index (χ3v) is 5.58. The van der Waals surface area contributed by atoms with Crippen molar-refractivity contribution in [2.45, 2.75) is 21.5 Å². The predicted molar refractivity (Wildman–Crippen MR) is 87.6 cm³/mol. The highest BCUT2D eigenvalue weighted by molar-refractivity contribution is 8.03. The van der Waals surface area contributed by atoms with Gasteiger partial charge in [-0.2, -0.15) is 10.5 Å². The average molecular weight is 370 g/mol. The summed E-state index contributed by atoms with van der Waals surface area (Å²) in [4.78, 5) is 24.3. The van der Waals surface area contributed by atoms with Crippen LogP contribution in [0.3, 0.4) is 0 Å². The molecule has 0 spiro atoms. The number of nitriles is 2. The summed E-state index contributed by atoms with van der Waals surface area (Å²) in [6, 6.07) is 3.97. The lowest BCUT2D eigenvalue weighted by molar-refractivity contribution is -0.128. The van der Waals surface area contributed by atoms with Gasteiger partial charge in [-0.15, -0.1) is 10.2 Å². The number of carbonyl (C=O) groups is 2. The van der Waals surface area contributed by atoms with Gasteiger partial charge < -0.3 is 10.6 Å². The van der Waals surface area contributed by atoms with Crippen molar-refractivity contribution in [2.75, 3.05) is 24.6 Å². The van der Waals surface area contributed by atoms with Gasteiger partial charge in [0, 0.05) is 13.1 Å². The van der Waals surface area contributed by atoms with Crippen molar-refractivity contribution in [1.29, 1.82) is 10.5 Å². The van der Waals surface area contributed by atoms with E-state index in [0.29, 0.717) is 21.8 Å². The average Bonchev–Trinajstić information content (AvgIpc) is 2.99. The number of primary amides is 1. The molecule has 23 heavy (non-hydrogen) atoms. The molecule has 0 fully saturated rings. The second-order valence-electron chi connectivity index (χ2n) is 4.07. The van der Waals surface area contributed by atoms with Gasteiger partial charge in [-0.05, 0) is 0 Å². The van der Waals surface area contributed by atoms with E-state index in [1.807, 2.05) is 12.1 Å². The lowest BCUT2D eigenvalue weighted by Gasteiger charge is -2.19. The second-order valence-corrected chi connectivity index (χ2v) is 7.50. The minimum Gasteiger partial charge on any atom is -0.369 e. The summed E-state index contributed by atoms with van der Waals surface area (Å²) in [7, 11) is 0. The van der Waals surface area contributed by atoms with Crippen LogP contribution in [0.25, 0.3) is 0 Å². The largest absolute Gasteiger partial charge is 0.369 e. The van der Waals surface area contributed by atoms with Crippen LogP contribution in [0.5, 0.6) is 0 Å². The van der Waals surface area contributed by atoms with Crippen molar-refractivity contribution in [1.82, 2.24) is 15.1 Å². The molecule has 1 aromatic heterocycles. The van der Waals surface area contributed by atoms with E-state index in [-0.39, 0.29) is 30.3 Å². The van der Waals surface area contributed by atoms with Crippen molar-refractivity contribution in [2.24, 2.45) is 5.73 Å². The molecule has 1 rings (SSSR count). The maximum atomic E-state index is 12.1. The molecular formula is C12H14N6O2S3. The topological polar surface area (TPSA) is 137 Å². The highest BCUT2D eigenvalue weighted by atomic mass is 32.2. The first kappa shape index (κ1) is 19.2. The van der Waals surface area contributed by atoms with Crippen LogP contribution in [0.15, 0.2) is 8.68 Å². The fourth-order valence-electron chi connectivity index (χ4n) is 1.39. The molecule has 1 aromatic rings. The molecule has 0 saturated carbocycles. The van der Waals surface area contributed by atoms with Crippen molar-refractivity contribution >= 4 is 46.7 Å². The molecule has 0 atom stereocenters. The number of amides is 2. The van der Waals surface area contributed by atoms with E-state index in [1.165, 1.54) is 39.8 Å². The molecule has 0 aliphatic carbocycles. The Morgan fingerprint density at radius 2 is 1.61 bits per heavy atom. The molecule has 1 heterocycles. The maximum absolute atomic E-state index is 12.1. The van der Waals surface area contributed by atoms with E-state index in [2.05, 4.69) is 10.2 Å². The molecule has 0 unspecified atom stereocenters. The van der Waals surface area contributed by atoms with Crippen LogP contribution in [0.1, 0.15) is 12.8 Å². The van der Waals surface area contributed by atoms with E-state index < -0.39 is 5.91 Å². The molecule has 11 heteroatoms. The summed E-state index contributed by atoms with van der Waals surface area (Å²) in [6.07, 6.45) is 0.461. The Kier molecular flexibility index (Phi) is 9.05. The third kappa shape index (κ3) is 7.83. The minimum absolute atomic E-state index is 0.133. The zero-order chi connectivity index (χ0) is 17.1. The molecule has 0 aromatic carbocycles. The van der Waals surface area contributed by atoms with Gasteiger partial charge in [-0.25, -0.2) is 0 Å². The number of hydrogen-bond donors (Lipinski definition) is 1. The normalized spacial score (nSPS) is 9.83. The van der Waals surface area contributed by atoms with Crippen LogP contribution < -0.4 is 5.73 Å². The van der Waals surface area contributed by atoms with E-state index in [9.17, 15) is 9.59 Å². The first-order valence-corrected chi connectivity index (χ1v) is 9.24. The van der Waals surface area contributed by atoms with E-state index in [1.54, 1.807) is 0 Å². The van der Waals surface area contributed by atoms with Gasteiger partial charge in [0.15, 0.2) is 8.68 Å². The summed E-state index contributed by atoms with van der Waals surface area (Å²) in [5, 5.41) is 25.1. The van der Waals surface area contributed by atoms with Gasteiger partial charge in [0.25, 0.3) is 0 Å². The van der Waals surface area contributed by atoms with Crippen LogP contribution in [-0.4, -0.2) is 51.5 Å². The molecule has 0 aliphatic rings. The van der Waals surface area contributed by atoms with Crippen molar-refractivity contribution < 1.29 is 9.59 Å². The highest BCUT2D eigenvalue weighted by Gasteiger charge is 2.15. The molecule has 0 bridgehead atoms. The van der Waals surface area contributed by atoms with Gasteiger partial charge >= 0.3 is 0 Å². The molecule has 0 saturated heterocycles. The van der Waals surface area contributed by atoms with Gasteiger partial charge in [0.05, 0.1) is 36.5 Å². The Labute approximate surface area is 146 Å². The SMILES string of the molecule is N#CCCN(CCC#N)C(=O)CSc1nnc(SCC(N)=O)s1. The molecule has 0 aliphatic heterocycles. The predicted octanol–water partition coefficient (Wildman–Crippen LogP) is 0.864. The van der Waals surface area contributed by atoms with Gasteiger partial charge in [-0.3, -0.25) is 9.59 Å². The van der Waals surface area contributed by atoms with Crippen LogP contribution in [0.2, 0.25) is 0 Å². The zero-order valence-corrected chi connectivity index (χ0v) is 14.5. The molecular weight excluding hydrogens is 356 g/mol. The smallest absolute Gasteiger partial charge is 0.233 e. The zero-order valence-electron chi connectivity index (χ0n) is 12.1. The fraction of sp³-hybridized carbons (Fsp3) is 0.500. The number of aromatic nitrogens is 2. The third-order valence-electron chi connectivity index (χ3n) is 2.38. The quantitative estimate of drug-likeness (QED) is 0.599. The Morgan fingerprint density at radius 1 is 1.09 bits per heavy atom. The summed E-state index contributed by atoms with van der Waals surface area (Å²) in [6.45, 7) is 0.626. The summed E-state index contributed by atoms with van der Waals surface area (Å²) >= 11 is 3.72. The lowest BCUT2D eigenvalue weighted by atomic mass is 10.3. The van der Waals surface area contributed by atoms with Crippen LogP contribution in [0.4, 0.5) is 0 Å². The Balaban J connectivity index is 2.48. The standard InChI is InChI=1S/C12H14N6O2S3/c13-3-1-5-18(6-2-4-14)10(20)8-22-12-17-16-11(23-12)21-7-9(15)19/h1-2,5-8H2,(H2,15,19). The fourth-order valence-corrected chi connectivity index (χ4v) is 4.05. The molecule has 8 nitrogen and oxygen atoms in total. The second kappa shape index (κ2) is 10.8. The van der Waals surface area contributed by atoms with Crippen molar-refractivity contribution in [3.05, 3.63) is 0 Å². The van der Waals surface area contributed by atoms with Gasteiger partial charge in [-0.1, -0.05) is 34.9 Å². The first-order chi connectivity index (χ1) is 11.1. The van der Waals surface area contributed by atoms with E-state index in [0.717, 1.165) is 0 Å². The number of thioether (sulfide) groups is 2. The van der Waals surface area contributed by atoms with Crippen molar-refractivity contribution in [3.63, 3.8) is 0 Å². The number of carbonyl (C=O) groups excluding carboxylic acids is 2. The maximum Gasteiger partial charge on any atom is 0.233 e. The van der Waals surface area contributed by atoms with Crippen LogP contribution >= 0.6 is 34.9 Å². The van der Waals surface area contributed by atoms with Gasteiger partial charge in [0.1, 0.15) is 0 Å². The summed E-state index contributed by atoms with van der Waals surface area (Å²) in [5.74, 6) is -0.289.